The van der Waals surface area contributed by atoms with Crippen molar-refractivity contribution < 1.29 is 29.3 Å². The SMILES string of the molecule is CC(CNC(=O)OCC1c2ccccc2-c2ccccc21)C(=O)Nc1ccc(C(=O)O)c(O)c1. The molecule has 0 radical (unpaired) electrons. The molecule has 1 unspecified atom stereocenters. The molecule has 0 fully saturated rings. The van der Waals surface area contributed by atoms with Gasteiger partial charge in [0.2, 0.25) is 5.91 Å². The molecule has 0 heterocycles. The number of nitrogens with one attached hydrogen (secondary N) is 2. The maximum Gasteiger partial charge on any atom is 0.407 e. The molecule has 3 aromatic rings. The van der Waals surface area contributed by atoms with E-state index in [1.165, 1.54) is 12.1 Å². The summed E-state index contributed by atoms with van der Waals surface area (Å²) in [5, 5.41) is 23.9. The van der Waals surface area contributed by atoms with Gasteiger partial charge < -0.3 is 25.6 Å². The van der Waals surface area contributed by atoms with Gasteiger partial charge in [-0.15, -0.1) is 0 Å². The first-order chi connectivity index (χ1) is 16.3. The third-order valence-electron chi connectivity index (χ3n) is 5.84. The van der Waals surface area contributed by atoms with Crippen LogP contribution in [0.4, 0.5) is 10.5 Å². The highest BCUT2D eigenvalue weighted by atomic mass is 16.5. The molecule has 0 bridgehead atoms. The number of hydrogen-bond donors (Lipinski definition) is 4. The maximum atomic E-state index is 12.4. The molecule has 0 aliphatic heterocycles. The number of ether oxygens (including phenoxy) is 1. The van der Waals surface area contributed by atoms with Gasteiger partial charge in [0.1, 0.15) is 17.9 Å². The van der Waals surface area contributed by atoms with Gasteiger partial charge in [-0.25, -0.2) is 9.59 Å². The highest BCUT2D eigenvalue weighted by Crippen LogP contribution is 2.44. The lowest BCUT2D eigenvalue weighted by Gasteiger charge is -2.16. The molecule has 1 aliphatic carbocycles. The number of alkyl carbamates (subject to hydrolysis) is 1. The van der Waals surface area contributed by atoms with E-state index in [-0.39, 0.29) is 30.3 Å². The lowest BCUT2D eigenvalue weighted by molar-refractivity contribution is -0.119. The average molecular weight is 460 g/mol. The van der Waals surface area contributed by atoms with Gasteiger partial charge in [0, 0.05) is 24.2 Å². The van der Waals surface area contributed by atoms with Crippen LogP contribution in [0.1, 0.15) is 34.3 Å². The third kappa shape index (κ3) is 4.71. The summed E-state index contributed by atoms with van der Waals surface area (Å²) in [5.41, 5.74) is 4.49. The number of hydrogen-bond acceptors (Lipinski definition) is 5. The summed E-state index contributed by atoms with van der Waals surface area (Å²) in [5.74, 6) is -2.77. The first kappa shape index (κ1) is 22.8. The van der Waals surface area contributed by atoms with E-state index in [0.717, 1.165) is 28.3 Å². The molecule has 4 rings (SSSR count). The molecule has 0 aromatic heterocycles. The van der Waals surface area contributed by atoms with Crippen LogP contribution in [0.15, 0.2) is 66.7 Å². The van der Waals surface area contributed by atoms with Gasteiger partial charge in [-0.05, 0) is 34.4 Å². The molecule has 1 aliphatic rings. The van der Waals surface area contributed by atoms with Crippen molar-refractivity contribution in [3.05, 3.63) is 83.4 Å². The van der Waals surface area contributed by atoms with Crippen molar-refractivity contribution in [1.29, 1.82) is 0 Å². The second kappa shape index (κ2) is 9.66. The van der Waals surface area contributed by atoms with Gasteiger partial charge in [0.25, 0.3) is 0 Å². The number of aromatic hydroxyl groups is 1. The van der Waals surface area contributed by atoms with Gasteiger partial charge in [0.05, 0.1) is 5.92 Å². The Morgan fingerprint density at radius 2 is 1.59 bits per heavy atom. The zero-order valence-electron chi connectivity index (χ0n) is 18.4. The van der Waals surface area contributed by atoms with Crippen molar-refractivity contribution in [1.82, 2.24) is 5.32 Å². The number of phenols is 1. The van der Waals surface area contributed by atoms with Crippen molar-refractivity contribution in [3.63, 3.8) is 0 Å². The standard InChI is InChI=1S/C26H24N2O6/c1-15(24(30)28-16-10-11-21(25(31)32)23(29)12-16)13-27-26(33)34-14-22-19-8-4-2-6-17(19)18-7-3-5-9-20(18)22/h2-12,15,22,29H,13-14H2,1H3,(H,27,33)(H,28,30)(H,31,32). The summed E-state index contributed by atoms with van der Waals surface area (Å²) in [4.78, 5) is 35.7. The van der Waals surface area contributed by atoms with E-state index in [1.54, 1.807) is 6.92 Å². The van der Waals surface area contributed by atoms with Crippen LogP contribution in [0.2, 0.25) is 0 Å². The Kier molecular flexibility index (Phi) is 6.49. The first-order valence-corrected chi connectivity index (χ1v) is 10.8. The Hall–Kier alpha value is -4.33. The predicted octanol–water partition coefficient (Wildman–Crippen LogP) is 4.20. The zero-order valence-corrected chi connectivity index (χ0v) is 18.4. The molecule has 0 spiro atoms. The fraction of sp³-hybridized carbons (Fsp3) is 0.192. The number of carboxylic acid groups (broad SMARTS) is 1. The second-order valence-corrected chi connectivity index (χ2v) is 8.13. The van der Waals surface area contributed by atoms with Crippen molar-refractivity contribution in [2.24, 2.45) is 5.92 Å². The number of carbonyl (C=O) groups excluding carboxylic acids is 2. The minimum atomic E-state index is -1.27. The largest absolute Gasteiger partial charge is 0.507 e. The van der Waals surface area contributed by atoms with Crippen LogP contribution in [0.25, 0.3) is 11.1 Å². The smallest absolute Gasteiger partial charge is 0.407 e. The van der Waals surface area contributed by atoms with Crippen molar-refractivity contribution >= 4 is 23.7 Å². The molecule has 2 amide bonds. The molecule has 8 heteroatoms. The number of amides is 2. The normalized spacial score (nSPS) is 12.9. The fourth-order valence-corrected chi connectivity index (χ4v) is 4.03. The fourth-order valence-electron chi connectivity index (χ4n) is 4.03. The van der Waals surface area contributed by atoms with Crippen LogP contribution in [-0.2, 0) is 9.53 Å². The van der Waals surface area contributed by atoms with Crippen LogP contribution < -0.4 is 10.6 Å². The van der Waals surface area contributed by atoms with E-state index in [4.69, 9.17) is 9.84 Å². The highest BCUT2D eigenvalue weighted by Gasteiger charge is 2.29. The summed E-state index contributed by atoms with van der Waals surface area (Å²) in [7, 11) is 0. The quantitative estimate of drug-likeness (QED) is 0.419. The van der Waals surface area contributed by atoms with Gasteiger partial charge in [-0.1, -0.05) is 55.5 Å². The van der Waals surface area contributed by atoms with Gasteiger partial charge in [0.15, 0.2) is 0 Å². The Balaban J connectivity index is 1.29. The number of carbonyl (C=O) groups is 3. The number of rotatable bonds is 7. The Morgan fingerprint density at radius 3 is 2.18 bits per heavy atom. The third-order valence-corrected chi connectivity index (χ3v) is 5.84. The lowest BCUT2D eigenvalue weighted by Crippen LogP contribution is -2.35. The zero-order chi connectivity index (χ0) is 24.2. The summed E-state index contributed by atoms with van der Waals surface area (Å²) in [6, 6.07) is 19.8. The average Bonchev–Trinajstić information content (AvgIpc) is 3.14. The maximum absolute atomic E-state index is 12.4. The molecule has 8 nitrogen and oxygen atoms in total. The summed E-state index contributed by atoms with van der Waals surface area (Å²) >= 11 is 0. The van der Waals surface area contributed by atoms with Gasteiger partial charge >= 0.3 is 12.1 Å². The van der Waals surface area contributed by atoms with Crippen LogP contribution in [0, 0.1) is 5.92 Å². The monoisotopic (exact) mass is 460 g/mol. The molecule has 0 saturated carbocycles. The highest BCUT2D eigenvalue weighted by molar-refractivity contribution is 5.95. The van der Waals surface area contributed by atoms with E-state index in [1.807, 2.05) is 36.4 Å². The molecule has 34 heavy (non-hydrogen) atoms. The van der Waals surface area contributed by atoms with E-state index < -0.39 is 29.6 Å². The van der Waals surface area contributed by atoms with Crippen LogP contribution in [0.3, 0.4) is 0 Å². The number of aromatic carboxylic acids is 1. The van der Waals surface area contributed by atoms with Crippen molar-refractivity contribution in [3.8, 4) is 16.9 Å². The molecule has 0 saturated heterocycles. The molecular weight excluding hydrogens is 436 g/mol. The summed E-state index contributed by atoms with van der Waals surface area (Å²) in [6.07, 6.45) is -0.620. The van der Waals surface area contributed by atoms with Crippen LogP contribution >= 0.6 is 0 Å². The number of anilines is 1. The van der Waals surface area contributed by atoms with Crippen LogP contribution in [0.5, 0.6) is 5.75 Å². The molecular formula is C26H24N2O6. The Bertz CT molecular complexity index is 1210. The molecule has 3 aromatic carbocycles. The topological polar surface area (TPSA) is 125 Å². The minimum absolute atomic E-state index is 0.0434. The Labute approximate surface area is 196 Å². The molecule has 174 valence electrons. The van der Waals surface area contributed by atoms with Crippen molar-refractivity contribution in [2.45, 2.75) is 12.8 Å². The first-order valence-electron chi connectivity index (χ1n) is 10.8. The van der Waals surface area contributed by atoms with Crippen molar-refractivity contribution in [2.75, 3.05) is 18.5 Å². The lowest BCUT2D eigenvalue weighted by atomic mass is 9.98. The summed E-state index contributed by atoms with van der Waals surface area (Å²) < 4.78 is 5.47. The van der Waals surface area contributed by atoms with Crippen LogP contribution in [-0.4, -0.2) is 41.3 Å². The number of benzene rings is 3. The minimum Gasteiger partial charge on any atom is -0.507 e. The van der Waals surface area contributed by atoms with E-state index in [9.17, 15) is 19.5 Å². The van der Waals surface area contributed by atoms with E-state index in [2.05, 4.69) is 22.8 Å². The van der Waals surface area contributed by atoms with Gasteiger partial charge in [-0.2, -0.15) is 0 Å². The molecule has 4 N–H and O–H groups in total. The Morgan fingerprint density at radius 1 is 0.971 bits per heavy atom. The summed E-state index contributed by atoms with van der Waals surface area (Å²) in [6.45, 7) is 1.85. The number of carboxylic acids is 1. The van der Waals surface area contributed by atoms with Gasteiger partial charge in [-0.3, -0.25) is 4.79 Å². The second-order valence-electron chi connectivity index (χ2n) is 8.13. The number of fused-ring (bicyclic) bond motifs is 3. The molecule has 1 atom stereocenters. The van der Waals surface area contributed by atoms with E-state index in [0.29, 0.717) is 0 Å². The van der Waals surface area contributed by atoms with E-state index >= 15 is 0 Å². The predicted molar refractivity (Wildman–Crippen MR) is 126 cm³/mol.